The van der Waals surface area contributed by atoms with Crippen LogP contribution in [-0.4, -0.2) is 40.4 Å². The number of ether oxygens (including phenoxy) is 1. The summed E-state index contributed by atoms with van der Waals surface area (Å²) in [5.41, 5.74) is 0.304. The zero-order valence-corrected chi connectivity index (χ0v) is 14.2. The Hall–Kier alpha value is -2.44. The number of non-ortho nitro benzene ring substituents is 1. The standard InChI is InChI=1S/C18H22N2O5/c1-2-25-18(22)16-11-12-4-3-5-15(10-12)19(16)17(21)13-6-8-14(9-7-13)20(23)24/h6-9,12,15-16H,2-5,10-11H2,1H3. The maximum absolute atomic E-state index is 13.0. The van der Waals surface area contributed by atoms with Crippen molar-refractivity contribution in [1.29, 1.82) is 0 Å². The molecule has 2 bridgehead atoms. The van der Waals surface area contributed by atoms with E-state index in [1.165, 1.54) is 24.3 Å². The maximum atomic E-state index is 13.0. The molecule has 25 heavy (non-hydrogen) atoms. The number of likely N-dealkylation sites (tertiary alicyclic amines) is 1. The molecule has 2 fully saturated rings. The highest BCUT2D eigenvalue weighted by Gasteiger charge is 2.44. The van der Waals surface area contributed by atoms with E-state index in [9.17, 15) is 19.7 Å². The maximum Gasteiger partial charge on any atom is 0.328 e. The van der Waals surface area contributed by atoms with Crippen LogP contribution in [0.2, 0.25) is 0 Å². The number of carbonyl (C=O) groups is 2. The molecule has 0 aromatic heterocycles. The van der Waals surface area contributed by atoms with Crippen molar-refractivity contribution in [1.82, 2.24) is 4.90 Å². The van der Waals surface area contributed by atoms with Crippen LogP contribution in [0.3, 0.4) is 0 Å². The lowest BCUT2D eigenvalue weighted by Gasteiger charge is -2.47. The third-order valence-electron chi connectivity index (χ3n) is 5.16. The zero-order valence-electron chi connectivity index (χ0n) is 14.2. The number of hydrogen-bond acceptors (Lipinski definition) is 5. The minimum atomic E-state index is -0.563. The van der Waals surface area contributed by atoms with Crippen molar-refractivity contribution < 1.29 is 19.2 Å². The van der Waals surface area contributed by atoms with Crippen molar-refractivity contribution in [3.05, 3.63) is 39.9 Å². The van der Waals surface area contributed by atoms with Gasteiger partial charge in [-0.05, 0) is 44.2 Å². The molecule has 1 amide bonds. The van der Waals surface area contributed by atoms with Crippen LogP contribution >= 0.6 is 0 Å². The van der Waals surface area contributed by atoms with E-state index in [2.05, 4.69) is 0 Å². The summed E-state index contributed by atoms with van der Waals surface area (Å²) in [6.45, 7) is 2.04. The lowest BCUT2D eigenvalue weighted by atomic mass is 9.76. The van der Waals surface area contributed by atoms with Gasteiger partial charge >= 0.3 is 5.97 Å². The molecular formula is C18H22N2O5. The SMILES string of the molecule is CCOC(=O)C1CC2CCCC(C2)N1C(=O)c1ccc([N+](=O)[O-])cc1. The van der Waals surface area contributed by atoms with Gasteiger partial charge in [-0.1, -0.05) is 12.8 Å². The molecule has 3 atom stereocenters. The van der Waals surface area contributed by atoms with Crippen LogP contribution in [0.4, 0.5) is 5.69 Å². The number of nitro groups is 1. The Balaban J connectivity index is 1.87. The van der Waals surface area contributed by atoms with Gasteiger partial charge in [-0.2, -0.15) is 0 Å². The number of fused-ring (bicyclic) bond motifs is 2. The molecule has 7 heteroatoms. The first-order valence-electron chi connectivity index (χ1n) is 8.75. The Morgan fingerprint density at radius 2 is 1.96 bits per heavy atom. The molecule has 1 aliphatic carbocycles. The number of esters is 1. The highest BCUT2D eigenvalue weighted by atomic mass is 16.6. The van der Waals surface area contributed by atoms with Gasteiger partial charge in [0.1, 0.15) is 6.04 Å². The Morgan fingerprint density at radius 3 is 2.60 bits per heavy atom. The second kappa shape index (κ2) is 7.21. The predicted octanol–water partition coefficient (Wildman–Crippen LogP) is 2.93. The van der Waals surface area contributed by atoms with Crippen LogP contribution in [0.1, 0.15) is 49.4 Å². The lowest BCUT2D eigenvalue weighted by Crippen LogP contribution is -2.57. The van der Waals surface area contributed by atoms with Crippen LogP contribution in [0, 0.1) is 16.0 Å². The van der Waals surface area contributed by atoms with Crippen molar-refractivity contribution in [3.8, 4) is 0 Å². The molecule has 2 aliphatic rings. The molecule has 0 radical (unpaired) electrons. The number of benzene rings is 1. The van der Waals surface area contributed by atoms with Gasteiger partial charge in [0.05, 0.1) is 11.5 Å². The van der Waals surface area contributed by atoms with E-state index in [4.69, 9.17) is 4.74 Å². The Bertz CT molecular complexity index is 673. The van der Waals surface area contributed by atoms with E-state index in [-0.39, 0.29) is 30.2 Å². The van der Waals surface area contributed by atoms with Gasteiger partial charge in [-0.3, -0.25) is 14.9 Å². The molecular weight excluding hydrogens is 324 g/mol. The van der Waals surface area contributed by atoms with Crippen LogP contribution < -0.4 is 0 Å². The Morgan fingerprint density at radius 1 is 1.24 bits per heavy atom. The first-order valence-corrected chi connectivity index (χ1v) is 8.75. The van der Waals surface area contributed by atoms with Crippen molar-refractivity contribution in [3.63, 3.8) is 0 Å². The van der Waals surface area contributed by atoms with Crippen LogP contribution in [0.25, 0.3) is 0 Å². The number of rotatable bonds is 4. The van der Waals surface area contributed by atoms with Gasteiger partial charge in [0.15, 0.2) is 0 Å². The molecule has 3 unspecified atom stereocenters. The summed E-state index contributed by atoms with van der Waals surface area (Å²) in [7, 11) is 0. The Kier molecular flexibility index (Phi) is 5.01. The molecule has 3 rings (SSSR count). The summed E-state index contributed by atoms with van der Waals surface area (Å²) in [6.07, 6.45) is 4.56. The minimum absolute atomic E-state index is 0.0320. The summed E-state index contributed by atoms with van der Waals surface area (Å²) in [6, 6.07) is 5.02. The summed E-state index contributed by atoms with van der Waals surface area (Å²) in [5.74, 6) is -0.151. The van der Waals surface area contributed by atoms with Gasteiger partial charge in [0, 0.05) is 23.7 Å². The highest BCUT2D eigenvalue weighted by Crippen LogP contribution is 2.39. The van der Waals surface area contributed by atoms with E-state index in [0.717, 1.165) is 25.7 Å². The fraction of sp³-hybridized carbons (Fsp3) is 0.556. The van der Waals surface area contributed by atoms with E-state index in [1.54, 1.807) is 11.8 Å². The summed E-state index contributed by atoms with van der Waals surface area (Å²) >= 11 is 0. The normalized spacial score (nSPS) is 25.3. The summed E-state index contributed by atoms with van der Waals surface area (Å²) in [4.78, 5) is 37.4. The molecule has 1 aromatic carbocycles. The van der Waals surface area contributed by atoms with E-state index < -0.39 is 11.0 Å². The fourth-order valence-corrected chi connectivity index (χ4v) is 4.04. The van der Waals surface area contributed by atoms with Crippen molar-refractivity contribution in [2.45, 2.75) is 51.1 Å². The van der Waals surface area contributed by atoms with Crippen molar-refractivity contribution >= 4 is 17.6 Å². The third kappa shape index (κ3) is 3.50. The molecule has 0 N–H and O–H groups in total. The second-order valence-corrected chi connectivity index (χ2v) is 6.71. The monoisotopic (exact) mass is 346 g/mol. The van der Waals surface area contributed by atoms with E-state index in [0.29, 0.717) is 17.9 Å². The van der Waals surface area contributed by atoms with Crippen LogP contribution in [0.15, 0.2) is 24.3 Å². The molecule has 1 aromatic rings. The van der Waals surface area contributed by atoms with Gasteiger partial charge in [-0.25, -0.2) is 4.79 Å². The molecule has 1 saturated heterocycles. The first kappa shape index (κ1) is 17.4. The predicted molar refractivity (Wildman–Crippen MR) is 90.0 cm³/mol. The Labute approximate surface area is 146 Å². The van der Waals surface area contributed by atoms with E-state index >= 15 is 0 Å². The first-order chi connectivity index (χ1) is 12.0. The smallest absolute Gasteiger partial charge is 0.328 e. The zero-order chi connectivity index (χ0) is 18.0. The molecule has 7 nitrogen and oxygen atoms in total. The largest absolute Gasteiger partial charge is 0.464 e. The quantitative estimate of drug-likeness (QED) is 0.475. The summed E-state index contributed by atoms with van der Waals surface area (Å²) in [5, 5.41) is 10.8. The molecule has 1 saturated carbocycles. The average molecular weight is 346 g/mol. The van der Waals surface area contributed by atoms with Crippen LogP contribution in [-0.2, 0) is 9.53 Å². The second-order valence-electron chi connectivity index (χ2n) is 6.71. The fourth-order valence-electron chi connectivity index (χ4n) is 4.04. The number of nitro benzene ring substituents is 1. The minimum Gasteiger partial charge on any atom is -0.464 e. The van der Waals surface area contributed by atoms with Gasteiger partial charge < -0.3 is 9.64 Å². The van der Waals surface area contributed by atoms with Gasteiger partial charge in [0.25, 0.3) is 11.6 Å². The van der Waals surface area contributed by atoms with Crippen LogP contribution in [0.5, 0.6) is 0 Å². The molecule has 134 valence electrons. The number of nitrogens with zero attached hydrogens (tertiary/aromatic N) is 2. The molecule has 1 heterocycles. The number of piperidine rings is 1. The number of amides is 1. The average Bonchev–Trinajstić information content (AvgIpc) is 2.61. The number of carbonyl (C=O) groups excluding carboxylic acids is 2. The van der Waals surface area contributed by atoms with E-state index in [1.807, 2.05) is 0 Å². The topological polar surface area (TPSA) is 89.8 Å². The molecule has 1 aliphatic heterocycles. The third-order valence-corrected chi connectivity index (χ3v) is 5.16. The van der Waals surface area contributed by atoms with Crippen molar-refractivity contribution in [2.75, 3.05) is 6.61 Å². The van der Waals surface area contributed by atoms with Crippen molar-refractivity contribution in [2.24, 2.45) is 5.92 Å². The lowest BCUT2D eigenvalue weighted by molar-refractivity contribution is -0.384. The highest BCUT2D eigenvalue weighted by molar-refractivity contribution is 5.97. The van der Waals surface area contributed by atoms with Gasteiger partial charge in [0.2, 0.25) is 0 Å². The number of hydrogen-bond donors (Lipinski definition) is 0. The van der Waals surface area contributed by atoms with Gasteiger partial charge in [-0.15, -0.1) is 0 Å². The summed E-state index contributed by atoms with van der Waals surface area (Å²) < 4.78 is 5.19. The molecule has 0 spiro atoms.